The van der Waals surface area contributed by atoms with Gasteiger partial charge in [0.05, 0.1) is 17.0 Å². The Bertz CT molecular complexity index is 615. The number of nitrogens with one attached hydrogen (secondary N) is 2. The van der Waals surface area contributed by atoms with E-state index in [4.69, 9.17) is 11.6 Å². The van der Waals surface area contributed by atoms with Crippen LogP contribution in [0.3, 0.4) is 0 Å². The Hall–Kier alpha value is -2.09. The van der Waals surface area contributed by atoms with Gasteiger partial charge in [0.2, 0.25) is 11.8 Å². The van der Waals surface area contributed by atoms with Gasteiger partial charge in [0.1, 0.15) is 0 Å². The van der Waals surface area contributed by atoms with E-state index >= 15 is 0 Å². The van der Waals surface area contributed by atoms with Crippen LogP contribution in [0.1, 0.15) is 25.8 Å². The first kappa shape index (κ1) is 18.0. The molecule has 0 fully saturated rings. The van der Waals surface area contributed by atoms with Crippen LogP contribution < -0.4 is 10.7 Å². The van der Waals surface area contributed by atoms with Crippen LogP contribution in [0.25, 0.3) is 0 Å². The van der Waals surface area contributed by atoms with E-state index in [0.29, 0.717) is 5.71 Å². The molecule has 22 heavy (non-hydrogen) atoms. The monoisotopic (exact) mass is 335 g/mol. The van der Waals surface area contributed by atoms with Crippen molar-refractivity contribution in [3.05, 3.63) is 28.8 Å². The number of benzene rings is 1. The normalized spacial score (nSPS) is 12.0. The maximum atomic E-state index is 12.7. The standard InChI is InChI=1S/C13H13ClF3N3O2/c1-7(19-20-8(2)21)5-12(22)18-9-3-4-11(14)10(6-9)13(15,16)17/h3-4,6H,5H2,1-2H3,(H,18,22)(H,20,21)/b19-7-. The Balaban J connectivity index is 2.77. The minimum absolute atomic E-state index is 0.0333. The number of hydrogen-bond donors (Lipinski definition) is 2. The van der Waals surface area contributed by atoms with Gasteiger partial charge in [-0.3, -0.25) is 9.59 Å². The van der Waals surface area contributed by atoms with Gasteiger partial charge in [-0.15, -0.1) is 0 Å². The SMILES string of the molecule is CC(=O)N/N=C(/C)CC(=O)Nc1ccc(Cl)c(C(F)(F)F)c1. The number of alkyl halides is 3. The molecule has 0 saturated heterocycles. The smallest absolute Gasteiger partial charge is 0.326 e. The van der Waals surface area contributed by atoms with Crippen LogP contribution in [0.15, 0.2) is 23.3 Å². The van der Waals surface area contributed by atoms with Crippen molar-refractivity contribution >= 4 is 34.8 Å². The number of nitrogens with zero attached hydrogens (tertiary/aromatic N) is 1. The van der Waals surface area contributed by atoms with Gasteiger partial charge in [0.25, 0.3) is 0 Å². The van der Waals surface area contributed by atoms with Crippen molar-refractivity contribution in [1.29, 1.82) is 0 Å². The minimum Gasteiger partial charge on any atom is -0.326 e. The molecule has 0 aliphatic heterocycles. The maximum absolute atomic E-state index is 12.7. The van der Waals surface area contributed by atoms with Crippen molar-refractivity contribution in [1.82, 2.24) is 5.43 Å². The predicted molar refractivity (Wildman–Crippen MR) is 76.6 cm³/mol. The zero-order chi connectivity index (χ0) is 16.9. The molecule has 120 valence electrons. The molecule has 0 aliphatic rings. The summed E-state index contributed by atoms with van der Waals surface area (Å²) in [5.41, 5.74) is 1.39. The molecule has 0 spiro atoms. The summed E-state index contributed by atoms with van der Waals surface area (Å²) in [7, 11) is 0. The molecule has 2 amide bonds. The van der Waals surface area contributed by atoms with Crippen LogP contribution in [0.5, 0.6) is 0 Å². The summed E-state index contributed by atoms with van der Waals surface area (Å²) in [4.78, 5) is 22.3. The lowest BCUT2D eigenvalue weighted by molar-refractivity contribution is -0.137. The van der Waals surface area contributed by atoms with Crippen LogP contribution in [-0.4, -0.2) is 17.5 Å². The second-order valence-corrected chi connectivity index (χ2v) is 4.84. The Kier molecular flexibility index (Phi) is 5.92. The highest BCUT2D eigenvalue weighted by molar-refractivity contribution is 6.31. The van der Waals surface area contributed by atoms with Crippen molar-refractivity contribution in [3.8, 4) is 0 Å². The molecule has 5 nitrogen and oxygen atoms in total. The zero-order valence-electron chi connectivity index (χ0n) is 11.7. The molecular formula is C13H13ClF3N3O2. The largest absolute Gasteiger partial charge is 0.417 e. The van der Waals surface area contributed by atoms with Gasteiger partial charge in [-0.2, -0.15) is 18.3 Å². The van der Waals surface area contributed by atoms with Crippen LogP contribution in [0.2, 0.25) is 5.02 Å². The molecule has 0 radical (unpaired) electrons. The van der Waals surface area contributed by atoms with E-state index in [-0.39, 0.29) is 12.1 Å². The van der Waals surface area contributed by atoms with Crippen LogP contribution >= 0.6 is 11.6 Å². The summed E-state index contributed by atoms with van der Waals surface area (Å²) in [6.07, 6.45) is -4.79. The third-order valence-electron chi connectivity index (χ3n) is 2.38. The first-order valence-corrected chi connectivity index (χ1v) is 6.43. The predicted octanol–water partition coefficient (Wildman–Crippen LogP) is 3.20. The van der Waals surface area contributed by atoms with Gasteiger partial charge in [-0.1, -0.05) is 11.6 Å². The van der Waals surface area contributed by atoms with Gasteiger partial charge in [-0.25, -0.2) is 5.43 Å². The Morgan fingerprint density at radius 1 is 1.27 bits per heavy atom. The molecule has 0 unspecified atom stereocenters. The number of halogens is 4. The summed E-state index contributed by atoms with van der Waals surface area (Å²) in [6.45, 7) is 2.75. The number of hydrazone groups is 1. The fraction of sp³-hybridized carbons (Fsp3) is 0.308. The molecule has 0 heterocycles. The van der Waals surface area contributed by atoms with Gasteiger partial charge >= 0.3 is 6.18 Å². The first-order chi connectivity index (χ1) is 10.1. The molecule has 0 aliphatic carbocycles. The Labute approximate surface area is 129 Å². The molecule has 0 bridgehead atoms. The second-order valence-electron chi connectivity index (χ2n) is 4.43. The van der Waals surface area contributed by atoms with Crippen molar-refractivity contribution in [3.63, 3.8) is 0 Å². The van der Waals surface area contributed by atoms with E-state index in [1.807, 2.05) is 0 Å². The van der Waals surface area contributed by atoms with Gasteiger partial charge < -0.3 is 5.32 Å². The van der Waals surface area contributed by atoms with Crippen molar-refractivity contribution in [2.45, 2.75) is 26.4 Å². The number of carbonyl (C=O) groups is 2. The molecule has 1 aromatic carbocycles. The molecule has 9 heteroatoms. The lowest BCUT2D eigenvalue weighted by atomic mass is 10.2. The second kappa shape index (κ2) is 7.26. The van der Waals surface area contributed by atoms with E-state index in [1.54, 1.807) is 0 Å². The van der Waals surface area contributed by atoms with Gasteiger partial charge in [0, 0.05) is 18.3 Å². The lowest BCUT2D eigenvalue weighted by Crippen LogP contribution is -2.19. The summed E-state index contributed by atoms with van der Waals surface area (Å²) >= 11 is 5.48. The number of rotatable bonds is 4. The minimum atomic E-state index is -4.61. The van der Waals surface area contributed by atoms with E-state index in [2.05, 4.69) is 15.8 Å². The molecule has 0 saturated carbocycles. The molecule has 1 rings (SSSR count). The molecule has 0 aromatic heterocycles. The van der Waals surface area contributed by atoms with Crippen molar-refractivity contribution < 1.29 is 22.8 Å². The summed E-state index contributed by atoms with van der Waals surface area (Å²) < 4.78 is 38.1. The van der Waals surface area contributed by atoms with Crippen molar-refractivity contribution in [2.75, 3.05) is 5.32 Å². The van der Waals surface area contributed by atoms with E-state index in [9.17, 15) is 22.8 Å². The number of hydrogen-bond acceptors (Lipinski definition) is 3. The quantitative estimate of drug-likeness (QED) is 0.655. The highest BCUT2D eigenvalue weighted by Gasteiger charge is 2.33. The van der Waals surface area contributed by atoms with Gasteiger partial charge in [-0.05, 0) is 25.1 Å². The highest BCUT2D eigenvalue weighted by Crippen LogP contribution is 2.36. The summed E-state index contributed by atoms with van der Waals surface area (Å²) in [5, 5.41) is 5.49. The topological polar surface area (TPSA) is 70.6 Å². The molecule has 0 atom stereocenters. The van der Waals surface area contributed by atoms with Gasteiger partial charge in [0.15, 0.2) is 0 Å². The Morgan fingerprint density at radius 2 is 1.91 bits per heavy atom. The number of carbonyl (C=O) groups excluding carboxylic acids is 2. The van der Waals surface area contributed by atoms with E-state index in [0.717, 1.165) is 12.1 Å². The summed E-state index contributed by atoms with van der Waals surface area (Å²) in [5.74, 6) is -0.964. The number of anilines is 1. The average Bonchev–Trinajstić information content (AvgIpc) is 2.37. The molecular weight excluding hydrogens is 323 g/mol. The van der Waals surface area contributed by atoms with Crippen LogP contribution in [0.4, 0.5) is 18.9 Å². The van der Waals surface area contributed by atoms with Crippen molar-refractivity contribution in [2.24, 2.45) is 5.10 Å². The summed E-state index contributed by atoms with van der Waals surface area (Å²) in [6, 6.07) is 3.06. The fourth-order valence-electron chi connectivity index (χ4n) is 1.47. The first-order valence-electron chi connectivity index (χ1n) is 6.06. The molecule has 2 N–H and O–H groups in total. The zero-order valence-corrected chi connectivity index (χ0v) is 12.5. The van der Waals surface area contributed by atoms with E-state index in [1.165, 1.54) is 19.9 Å². The highest BCUT2D eigenvalue weighted by atomic mass is 35.5. The van der Waals surface area contributed by atoms with E-state index < -0.39 is 28.6 Å². The third-order valence-corrected chi connectivity index (χ3v) is 2.71. The van der Waals surface area contributed by atoms with Crippen LogP contribution in [0, 0.1) is 0 Å². The maximum Gasteiger partial charge on any atom is 0.417 e. The fourth-order valence-corrected chi connectivity index (χ4v) is 1.70. The Morgan fingerprint density at radius 3 is 2.45 bits per heavy atom. The average molecular weight is 336 g/mol. The molecule has 1 aromatic rings. The third kappa shape index (κ3) is 5.72. The number of amides is 2. The van der Waals surface area contributed by atoms with Crippen LogP contribution in [-0.2, 0) is 15.8 Å². The lowest BCUT2D eigenvalue weighted by Gasteiger charge is -2.11.